The Kier molecular flexibility index (Phi) is 4.14. The maximum atomic E-state index is 11.5. The first kappa shape index (κ1) is 13.8. The van der Waals surface area contributed by atoms with E-state index in [-0.39, 0.29) is 24.4 Å². The Labute approximate surface area is 114 Å². The van der Waals surface area contributed by atoms with Crippen molar-refractivity contribution in [2.75, 3.05) is 6.61 Å². The van der Waals surface area contributed by atoms with Crippen LogP contribution in [0.5, 0.6) is 0 Å². The van der Waals surface area contributed by atoms with Gasteiger partial charge in [-0.2, -0.15) is 0 Å². The molecule has 0 spiro atoms. The Hall–Kier alpha value is -2.64. The third kappa shape index (κ3) is 3.02. The highest BCUT2D eigenvalue weighted by molar-refractivity contribution is 5.73. The van der Waals surface area contributed by atoms with Gasteiger partial charge in [0.15, 0.2) is 0 Å². The van der Waals surface area contributed by atoms with Crippen molar-refractivity contribution < 1.29 is 23.9 Å². The fourth-order valence-corrected chi connectivity index (χ4v) is 1.67. The minimum Gasteiger partial charge on any atom is -0.466 e. The Morgan fingerprint density at radius 1 is 1.45 bits per heavy atom. The van der Waals surface area contributed by atoms with Crippen LogP contribution in [0.25, 0.3) is 0 Å². The molecule has 0 saturated heterocycles. The molecule has 8 heteroatoms. The molecule has 0 aromatic carbocycles. The maximum absolute atomic E-state index is 11.5. The summed E-state index contributed by atoms with van der Waals surface area (Å²) in [5, 5.41) is 10.9. The van der Waals surface area contributed by atoms with Crippen LogP contribution in [-0.2, 0) is 25.4 Å². The Balaban J connectivity index is 2.26. The van der Waals surface area contributed by atoms with Gasteiger partial charge in [0.2, 0.25) is 0 Å². The highest BCUT2D eigenvalue weighted by Gasteiger charge is 2.24. The maximum Gasteiger partial charge on any atom is 0.312 e. The van der Waals surface area contributed by atoms with Gasteiger partial charge in [-0.25, -0.2) is 4.98 Å². The first-order chi connectivity index (χ1) is 9.61. The molecule has 0 bridgehead atoms. The molecule has 1 aromatic heterocycles. The standard InChI is InChI=1S/C12H12N2O6/c1-2-18-11(15)7-9-10(14(16)17)4-3-8(13-9)12-19-5-6-20-12/h3-6,12H,2,7H2,1H3. The number of ether oxygens (including phenoxy) is 3. The van der Waals surface area contributed by atoms with Crippen molar-refractivity contribution in [3.05, 3.63) is 46.2 Å². The molecule has 1 aromatic rings. The molecule has 106 valence electrons. The molecule has 20 heavy (non-hydrogen) atoms. The largest absolute Gasteiger partial charge is 0.466 e. The summed E-state index contributed by atoms with van der Waals surface area (Å²) < 4.78 is 15.0. The fourth-order valence-electron chi connectivity index (χ4n) is 1.67. The van der Waals surface area contributed by atoms with E-state index >= 15 is 0 Å². The predicted octanol–water partition coefficient (Wildman–Crippen LogP) is 1.61. The fraction of sp³-hybridized carbons (Fsp3) is 0.333. The van der Waals surface area contributed by atoms with E-state index in [4.69, 9.17) is 14.2 Å². The molecular weight excluding hydrogens is 268 g/mol. The molecule has 1 aliphatic heterocycles. The number of rotatable bonds is 5. The smallest absolute Gasteiger partial charge is 0.312 e. The van der Waals surface area contributed by atoms with E-state index in [0.29, 0.717) is 5.69 Å². The van der Waals surface area contributed by atoms with E-state index in [9.17, 15) is 14.9 Å². The second-order valence-corrected chi connectivity index (χ2v) is 3.82. The van der Waals surface area contributed by atoms with Crippen molar-refractivity contribution in [2.24, 2.45) is 0 Å². The van der Waals surface area contributed by atoms with Crippen LogP contribution in [0.15, 0.2) is 24.7 Å². The lowest BCUT2D eigenvalue weighted by atomic mass is 10.2. The number of pyridine rings is 1. The van der Waals surface area contributed by atoms with Gasteiger partial charge in [0.05, 0.1) is 18.0 Å². The number of carbonyl (C=O) groups is 1. The lowest BCUT2D eigenvalue weighted by molar-refractivity contribution is -0.385. The van der Waals surface area contributed by atoms with Crippen molar-refractivity contribution in [3.63, 3.8) is 0 Å². The molecule has 1 aliphatic rings. The number of esters is 1. The summed E-state index contributed by atoms with van der Waals surface area (Å²) in [5.41, 5.74) is 0.123. The summed E-state index contributed by atoms with van der Waals surface area (Å²) in [6, 6.07) is 2.69. The molecular formula is C12H12N2O6. The number of carbonyl (C=O) groups excluding carboxylic acids is 1. The quantitative estimate of drug-likeness (QED) is 0.458. The number of hydrogen-bond acceptors (Lipinski definition) is 7. The summed E-state index contributed by atoms with van der Waals surface area (Å²) in [6.07, 6.45) is 1.66. The summed E-state index contributed by atoms with van der Waals surface area (Å²) in [6.45, 7) is 1.85. The van der Waals surface area contributed by atoms with Crippen LogP contribution < -0.4 is 0 Å². The molecule has 0 aliphatic carbocycles. The van der Waals surface area contributed by atoms with Gasteiger partial charge >= 0.3 is 5.97 Å². The molecule has 0 unspecified atom stereocenters. The average Bonchev–Trinajstić information content (AvgIpc) is 2.92. The zero-order valence-electron chi connectivity index (χ0n) is 10.6. The van der Waals surface area contributed by atoms with Gasteiger partial charge in [-0.15, -0.1) is 0 Å². The first-order valence-corrected chi connectivity index (χ1v) is 5.87. The van der Waals surface area contributed by atoms with Crippen LogP contribution in [0, 0.1) is 10.1 Å². The second-order valence-electron chi connectivity index (χ2n) is 3.82. The summed E-state index contributed by atoms with van der Waals surface area (Å²) >= 11 is 0. The molecule has 0 N–H and O–H groups in total. The summed E-state index contributed by atoms with van der Waals surface area (Å²) in [4.78, 5) is 25.9. The minimum absolute atomic E-state index is 0.0186. The number of aromatic nitrogens is 1. The average molecular weight is 280 g/mol. The molecule has 0 radical (unpaired) electrons. The molecule has 2 heterocycles. The van der Waals surface area contributed by atoms with Gasteiger partial charge in [0, 0.05) is 6.07 Å². The second kappa shape index (κ2) is 6.00. The topological polar surface area (TPSA) is 101 Å². The van der Waals surface area contributed by atoms with Crippen LogP contribution in [0.1, 0.15) is 24.6 Å². The van der Waals surface area contributed by atoms with Crippen molar-refractivity contribution in [2.45, 2.75) is 19.6 Å². The van der Waals surface area contributed by atoms with Crippen LogP contribution in [-0.4, -0.2) is 22.5 Å². The lowest BCUT2D eigenvalue weighted by Gasteiger charge is -2.10. The van der Waals surface area contributed by atoms with Gasteiger partial charge in [-0.3, -0.25) is 14.9 Å². The SMILES string of the molecule is CCOC(=O)Cc1nc(C2OC=CO2)ccc1[N+](=O)[O-]. The highest BCUT2D eigenvalue weighted by Crippen LogP contribution is 2.26. The van der Waals surface area contributed by atoms with Crippen molar-refractivity contribution in [1.82, 2.24) is 4.98 Å². The van der Waals surface area contributed by atoms with E-state index in [1.54, 1.807) is 6.92 Å². The van der Waals surface area contributed by atoms with Crippen LogP contribution in [0.4, 0.5) is 5.69 Å². The van der Waals surface area contributed by atoms with Crippen LogP contribution in [0.2, 0.25) is 0 Å². The van der Waals surface area contributed by atoms with E-state index in [1.165, 1.54) is 24.7 Å². The molecule has 2 rings (SSSR count). The highest BCUT2D eigenvalue weighted by atomic mass is 16.7. The minimum atomic E-state index is -0.753. The molecule has 0 fully saturated rings. The van der Waals surface area contributed by atoms with E-state index in [2.05, 4.69) is 4.98 Å². The van der Waals surface area contributed by atoms with Gasteiger partial charge in [0.25, 0.3) is 12.0 Å². The van der Waals surface area contributed by atoms with Gasteiger partial charge in [0.1, 0.15) is 23.9 Å². The monoisotopic (exact) mass is 280 g/mol. The summed E-state index contributed by atoms with van der Waals surface area (Å²) in [7, 11) is 0. The van der Waals surface area contributed by atoms with Gasteiger partial charge in [-0.1, -0.05) is 0 Å². The van der Waals surface area contributed by atoms with E-state index < -0.39 is 17.2 Å². The van der Waals surface area contributed by atoms with E-state index in [0.717, 1.165) is 0 Å². The lowest BCUT2D eigenvalue weighted by Crippen LogP contribution is -2.12. The normalized spacial score (nSPS) is 13.7. The Bertz CT molecular complexity index is 549. The van der Waals surface area contributed by atoms with Crippen molar-refractivity contribution in [3.8, 4) is 0 Å². The summed E-state index contributed by atoms with van der Waals surface area (Å²) in [5.74, 6) is -0.577. The number of nitrogens with zero attached hydrogens (tertiary/aromatic N) is 2. The predicted molar refractivity (Wildman–Crippen MR) is 65.3 cm³/mol. The van der Waals surface area contributed by atoms with Crippen LogP contribution >= 0.6 is 0 Å². The van der Waals surface area contributed by atoms with E-state index in [1.807, 2.05) is 0 Å². The van der Waals surface area contributed by atoms with Gasteiger partial charge < -0.3 is 14.2 Å². The third-order valence-electron chi connectivity index (χ3n) is 2.49. The number of hydrogen-bond donors (Lipinski definition) is 0. The molecule has 0 amide bonds. The van der Waals surface area contributed by atoms with Gasteiger partial charge in [-0.05, 0) is 13.0 Å². The van der Waals surface area contributed by atoms with Crippen molar-refractivity contribution >= 4 is 11.7 Å². The Morgan fingerprint density at radius 2 is 2.15 bits per heavy atom. The molecule has 0 saturated carbocycles. The molecule has 0 atom stereocenters. The van der Waals surface area contributed by atoms with Crippen LogP contribution in [0.3, 0.4) is 0 Å². The number of nitro groups is 1. The molecule has 8 nitrogen and oxygen atoms in total. The van der Waals surface area contributed by atoms with Crippen molar-refractivity contribution in [1.29, 1.82) is 0 Å². The Morgan fingerprint density at radius 3 is 2.75 bits per heavy atom. The zero-order valence-corrected chi connectivity index (χ0v) is 10.6. The third-order valence-corrected chi connectivity index (χ3v) is 2.49. The zero-order chi connectivity index (χ0) is 14.5. The first-order valence-electron chi connectivity index (χ1n) is 5.87.